The summed E-state index contributed by atoms with van der Waals surface area (Å²) < 4.78 is 63.4. The molecular formula is C12H15F3N2O2S2. The molecule has 4 nitrogen and oxygen atoms in total. The van der Waals surface area contributed by atoms with Crippen LogP contribution in [0, 0.1) is 5.92 Å². The van der Waals surface area contributed by atoms with Crippen LogP contribution in [-0.2, 0) is 10.0 Å². The summed E-state index contributed by atoms with van der Waals surface area (Å²) in [4.78, 5) is -0.118. The molecule has 1 saturated carbocycles. The lowest BCUT2D eigenvalue weighted by Crippen LogP contribution is -2.41. The average Bonchev–Trinajstić information content (AvgIpc) is 3.19. The van der Waals surface area contributed by atoms with E-state index in [1.54, 1.807) is 0 Å². The van der Waals surface area contributed by atoms with Crippen LogP contribution in [-0.4, -0.2) is 26.5 Å². The highest BCUT2D eigenvalue weighted by Gasteiger charge is 2.33. The number of nitrogens with one attached hydrogen (secondary N) is 1. The van der Waals surface area contributed by atoms with E-state index < -0.39 is 15.5 Å². The summed E-state index contributed by atoms with van der Waals surface area (Å²) in [6, 6.07) is 4.29. The van der Waals surface area contributed by atoms with Gasteiger partial charge in [0.05, 0.1) is 4.90 Å². The summed E-state index contributed by atoms with van der Waals surface area (Å²) in [7, 11) is -3.76. The summed E-state index contributed by atoms with van der Waals surface area (Å²) >= 11 is -0.282. The van der Waals surface area contributed by atoms with Crippen molar-refractivity contribution in [3.05, 3.63) is 24.3 Å². The number of thioether (sulfide) groups is 1. The molecule has 1 aromatic carbocycles. The molecule has 0 saturated heterocycles. The standard InChI is InChI=1S/C12H15F3N2O2S2/c13-12(14,15)20-9-3-5-10(6-4-9)21(18,19)17-11(7-16)8-1-2-8/h3-6,8,11,17H,1-2,7,16H2. The molecular weight excluding hydrogens is 325 g/mol. The number of nitrogens with two attached hydrogens (primary N) is 1. The number of hydrogen-bond acceptors (Lipinski definition) is 4. The molecule has 0 aromatic heterocycles. The number of hydrogen-bond donors (Lipinski definition) is 2. The van der Waals surface area contributed by atoms with Crippen molar-refractivity contribution in [1.29, 1.82) is 0 Å². The van der Waals surface area contributed by atoms with E-state index in [-0.39, 0.29) is 40.1 Å². The molecule has 0 bridgehead atoms. The van der Waals surface area contributed by atoms with Crippen LogP contribution in [0.25, 0.3) is 0 Å². The Morgan fingerprint density at radius 1 is 1.29 bits per heavy atom. The van der Waals surface area contributed by atoms with Gasteiger partial charge in [-0.2, -0.15) is 13.2 Å². The summed E-state index contributed by atoms with van der Waals surface area (Å²) in [5, 5.41) is 0. The van der Waals surface area contributed by atoms with Crippen LogP contribution < -0.4 is 10.5 Å². The van der Waals surface area contributed by atoms with Gasteiger partial charge in [-0.1, -0.05) is 0 Å². The van der Waals surface area contributed by atoms with Gasteiger partial charge in [0.15, 0.2) is 0 Å². The highest BCUT2D eigenvalue weighted by Crippen LogP contribution is 2.37. The second-order valence-electron chi connectivity index (χ2n) is 4.82. The molecule has 0 spiro atoms. The van der Waals surface area contributed by atoms with E-state index in [0.717, 1.165) is 37.1 Å². The quantitative estimate of drug-likeness (QED) is 0.780. The first-order valence-corrected chi connectivity index (χ1v) is 8.59. The van der Waals surface area contributed by atoms with Gasteiger partial charge in [-0.25, -0.2) is 13.1 Å². The maximum Gasteiger partial charge on any atom is 0.446 e. The maximum absolute atomic E-state index is 12.2. The van der Waals surface area contributed by atoms with Gasteiger partial charge < -0.3 is 5.73 Å². The predicted molar refractivity (Wildman–Crippen MR) is 74.2 cm³/mol. The summed E-state index contributed by atoms with van der Waals surface area (Å²) in [6.07, 6.45) is 1.87. The number of benzene rings is 1. The predicted octanol–water partition coefficient (Wildman–Crippen LogP) is 2.31. The zero-order valence-corrected chi connectivity index (χ0v) is 12.6. The number of rotatable bonds is 6. The third-order valence-electron chi connectivity index (χ3n) is 3.12. The highest BCUT2D eigenvalue weighted by atomic mass is 32.2. The van der Waals surface area contributed by atoms with E-state index in [1.165, 1.54) is 0 Å². The van der Waals surface area contributed by atoms with Gasteiger partial charge in [-0.3, -0.25) is 0 Å². The molecule has 0 radical (unpaired) electrons. The van der Waals surface area contributed by atoms with Crippen LogP contribution >= 0.6 is 11.8 Å². The fourth-order valence-electron chi connectivity index (χ4n) is 1.92. The van der Waals surface area contributed by atoms with Crippen LogP contribution in [0.1, 0.15) is 12.8 Å². The Morgan fingerprint density at radius 2 is 1.86 bits per heavy atom. The average molecular weight is 340 g/mol. The lowest BCUT2D eigenvalue weighted by atomic mass is 10.2. The number of sulfonamides is 1. The molecule has 1 atom stereocenters. The second kappa shape index (κ2) is 6.15. The zero-order chi connectivity index (χ0) is 15.7. The fourth-order valence-corrected chi connectivity index (χ4v) is 3.78. The van der Waals surface area contributed by atoms with Crippen LogP contribution in [0.2, 0.25) is 0 Å². The van der Waals surface area contributed by atoms with E-state index in [4.69, 9.17) is 5.73 Å². The largest absolute Gasteiger partial charge is 0.446 e. The van der Waals surface area contributed by atoms with Gasteiger partial charge in [-0.15, -0.1) is 0 Å². The topological polar surface area (TPSA) is 72.2 Å². The van der Waals surface area contributed by atoms with E-state index in [1.807, 2.05) is 0 Å². The summed E-state index contributed by atoms with van der Waals surface area (Å²) in [5.41, 5.74) is 1.14. The Labute approximate surface area is 125 Å². The monoisotopic (exact) mass is 340 g/mol. The lowest BCUT2D eigenvalue weighted by molar-refractivity contribution is -0.0328. The van der Waals surface area contributed by atoms with Gasteiger partial charge >= 0.3 is 5.51 Å². The minimum absolute atomic E-state index is 0.0565. The minimum atomic E-state index is -4.39. The van der Waals surface area contributed by atoms with E-state index in [2.05, 4.69) is 4.72 Å². The van der Waals surface area contributed by atoms with Crippen LogP contribution in [0.4, 0.5) is 13.2 Å². The maximum atomic E-state index is 12.2. The molecule has 3 N–H and O–H groups in total. The normalized spacial score (nSPS) is 17.7. The molecule has 1 fully saturated rings. The van der Waals surface area contributed by atoms with Gasteiger partial charge in [0.2, 0.25) is 10.0 Å². The van der Waals surface area contributed by atoms with Crippen molar-refractivity contribution in [2.24, 2.45) is 11.7 Å². The molecule has 118 valence electrons. The third-order valence-corrected chi connectivity index (χ3v) is 5.36. The van der Waals surface area contributed by atoms with Crippen LogP contribution in [0.3, 0.4) is 0 Å². The van der Waals surface area contributed by atoms with Crippen molar-refractivity contribution in [3.8, 4) is 0 Å². The van der Waals surface area contributed by atoms with E-state index in [9.17, 15) is 21.6 Å². The van der Waals surface area contributed by atoms with E-state index in [0.29, 0.717) is 0 Å². The number of alkyl halides is 3. The van der Waals surface area contributed by atoms with Crippen LogP contribution in [0.5, 0.6) is 0 Å². The molecule has 1 aromatic rings. The van der Waals surface area contributed by atoms with Crippen molar-refractivity contribution < 1.29 is 21.6 Å². The molecule has 1 aliphatic carbocycles. The van der Waals surface area contributed by atoms with E-state index >= 15 is 0 Å². The molecule has 9 heteroatoms. The molecule has 2 rings (SSSR count). The van der Waals surface area contributed by atoms with Crippen molar-refractivity contribution in [3.63, 3.8) is 0 Å². The Kier molecular flexibility index (Phi) is 4.86. The van der Waals surface area contributed by atoms with Gasteiger partial charge in [0.25, 0.3) is 0 Å². The molecule has 0 amide bonds. The summed E-state index contributed by atoms with van der Waals surface area (Å²) in [6.45, 7) is 0.200. The Balaban J connectivity index is 2.09. The fraction of sp³-hybridized carbons (Fsp3) is 0.500. The molecule has 0 heterocycles. The Hall–Kier alpha value is -0.770. The van der Waals surface area contributed by atoms with Gasteiger partial charge in [0, 0.05) is 17.5 Å². The van der Waals surface area contributed by atoms with Crippen molar-refractivity contribution in [1.82, 2.24) is 4.72 Å². The highest BCUT2D eigenvalue weighted by molar-refractivity contribution is 8.00. The third kappa shape index (κ3) is 4.87. The van der Waals surface area contributed by atoms with Crippen molar-refractivity contribution >= 4 is 21.8 Å². The smallest absolute Gasteiger partial charge is 0.329 e. The number of halogens is 3. The SMILES string of the molecule is NCC(NS(=O)(=O)c1ccc(SC(F)(F)F)cc1)C1CC1. The first-order valence-electron chi connectivity index (χ1n) is 6.29. The Bertz CT molecular complexity index is 584. The molecule has 1 unspecified atom stereocenters. The van der Waals surface area contributed by atoms with Gasteiger partial charge in [0.1, 0.15) is 0 Å². The molecule has 0 aliphatic heterocycles. The first-order chi connectivity index (χ1) is 9.71. The molecule has 21 heavy (non-hydrogen) atoms. The molecule has 1 aliphatic rings. The first kappa shape index (κ1) is 16.6. The second-order valence-corrected chi connectivity index (χ2v) is 7.67. The lowest BCUT2D eigenvalue weighted by Gasteiger charge is -2.16. The minimum Gasteiger partial charge on any atom is -0.329 e. The Morgan fingerprint density at radius 3 is 2.29 bits per heavy atom. The van der Waals surface area contributed by atoms with Crippen molar-refractivity contribution in [2.45, 2.75) is 34.2 Å². The van der Waals surface area contributed by atoms with Gasteiger partial charge in [-0.05, 0) is 54.8 Å². The summed E-state index contributed by atoms with van der Waals surface area (Å²) in [5.74, 6) is 0.254. The van der Waals surface area contributed by atoms with Crippen molar-refractivity contribution in [2.75, 3.05) is 6.54 Å². The van der Waals surface area contributed by atoms with Crippen LogP contribution in [0.15, 0.2) is 34.1 Å². The zero-order valence-electron chi connectivity index (χ0n) is 10.9.